The fourth-order valence-electron chi connectivity index (χ4n) is 2.79. The molecule has 0 unspecified atom stereocenters. The summed E-state index contributed by atoms with van der Waals surface area (Å²) in [6.45, 7) is 0.800. The normalized spacial score (nSPS) is 16.1. The maximum Gasteiger partial charge on any atom is 0.547 e. The molecule has 3 rings (SSSR count). The lowest BCUT2D eigenvalue weighted by Gasteiger charge is -2.28. The van der Waals surface area contributed by atoms with Crippen molar-refractivity contribution in [1.29, 1.82) is 0 Å². The molecule has 1 atom stereocenters. The number of carbonyl (C=O) groups excluding carboxylic acids is 1. The molecule has 2 aromatic rings. The summed E-state index contributed by atoms with van der Waals surface area (Å²) >= 11 is 0. The minimum atomic E-state index is -1.36. The maximum atomic E-state index is 12.4. The summed E-state index contributed by atoms with van der Waals surface area (Å²) in [6, 6.07) is 4.70. The minimum Gasteiger partial charge on any atom is -0.534 e. The summed E-state index contributed by atoms with van der Waals surface area (Å²) in [5, 5.41) is 22.1. The van der Waals surface area contributed by atoms with Gasteiger partial charge in [-0.15, -0.1) is 0 Å². The summed E-state index contributed by atoms with van der Waals surface area (Å²) < 4.78 is 6.96. The highest BCUT2D eigenvalue weighted by atomic mass is 16.5. The van der Waals surface area contributed by atoms with Crippen molar-refractivity contribution in [2.75, 3.05) is 6.54 Å². The monoisotopic (exact) mass is 344 g/mol. The summed E-state index contributed by atoms with van der Waals surface area (Å²) in [5.74, 6) is -2.15. The molecule has 1 aromatic carbocycles. The number of carbonyl (C=O) groups is 2. The molecular weight excluding hydrogens is 327 g/mol. The molecule has 1 aliphatic heterocycles. The number of rotatable bonds is 5. The van der Waals surface area contributed by atoms with Crippen molar-refractivity contribution < 1.29 is 24.4 Å². The fourth-order valence-corrected chi connectivity index (χ4v) is 2.79. The molecule has 130 valence electrons. The average Bonchev–Trinajstić information content (AvgIpc) is 3.03. The number of para-hydroxylation sites is 1. The van der Waals surface area contributed by atoms with Gasteiger partial charge in [0.25, 0.3) is 5.91 Å². The number of carboxylic acids is 1. The van der Waals surface area contributed by atoms with E-state index in [9.17, 15) is 19.7 Å². The molecule has 5 N–H and O–H groups in total. The van der Waals surface area contributed by atoms with Crippen LogP contribution in [0.3, 0.4) is 0 Å². The van der Waals surface area contributed by atoms with Crippen LogP contribution in [-0.2, 0) is 13.0 Å². The number of hydrogen-bond acceptors (Lipinski definition) is 6. The van der Waals surface area contributed by atoms with Gasteiger partial charge in [-0.25, -0.2) is 9.78 Å². The van der Waals surface area contributed by atoms with Gasteiger partial charge in [-0.05, 0) is 18.1 Å². The molecule has 0 saturated carbocycles. The van der Waals surface area contributed by atoms with Crippen molar-refractivity contribution >= 4 is 19.0 Å². The molecule has 2 heterocycles. The van der Waals surface area contributed by atoms with Crippen LogP contribution < -0.4 is 15.7 Å². The lowest BCUT2D eigenvalue weighted by molar-refractivity contribution is 0.0693. The molecule has 0 saturated heterocycles. The zero-order chi connectivity index (χ0) is 18.0. The average molecular weight is 344 g/mol. The SMILES string of the molecule is NCCn1cncc1C(=O)N[C@H]1Cc2cccc(C(=O)O)c2OB1O. The van der Waals surface area contributed by atoms with E-state index >= 15 is 0 Å². The van der Waals surface area contributed by atoms with Crippen molar-refractivity contribution in [3.8, 4) is 5.75 Å². The van der Waals surface area contributed by atoms with Crippen LogP contribution >= 0.6 is 0 Å². The van der Waals surface area contributed by atoms with Crippen LogP contribution in [0.4, 0.5) is 0 Å². The second-order valence-corrected chi connectivity index (χ2v) is 5.65. The molecule has 0 fully saturated rings. The molecule has 10 heteroatoms. The van der Waals surface area contributed by atoms with Gasteiger partial charge < -0.3 is 30.4 Å². The van der Waals surface area contributed by atoms with Gasteiger partial charge in [-0.3, -0.25) is 4.79 Å². The minimum absolute atomic E-state index is 0.0256. The third-order valence-electron chi connectivity index (χ3n) is 3.98. The fraction of sp³-hybridized carbons (Fsp3) is 0.267. The predicted molar refractivity (Wildman–Crippen MR) is 88.2 cm³/mol. The summed E-state index contributed by atoms with van der Waals surface area (Å²) in [6.07, 6.45) is 3.16. The highest BCUT2D eigenvalue weighted by molar-refractivity contribution is 6.47. The van der Waals surface area contributed by atoms with Crippen LogP contribution in [0.1, 0.15) is 26.4 Å². The van der Waals surface area contributed by atoms with Crippen LogP contribution in [0.15, 0.2) is 30.7 Å². The van der Waals surface area contributed by atoms with E-state index in [4.69, 9.17) is 10.4 Å². The Morgan fingerprint density at radius 2 is 2.28 bits per heavy atom. The van der Waals surface area contributed by atoms with Gasteiger partial charge in [0, 0.05) is 13.1 Å². The first-order chi connectivity index (χ1) is 12.0. The van der Waals surface area contributed by atoms with Gasteiger partial charge in [-0.2, -0.15) is 0 Å². The number of nitrogens with zero attached hydrogens (tertiary/aromatic N) is 2. The highest BCUT2D eigenvalue weighted by Crippen LogP contribution is 2.30. The summed E-state index contributed by atoms with van der Waals surface area (Å²) in [7, 11) is -1.36. The number of aromatic carboxylic acids is 1. The quantitative estimate of drug-likeness (QED) is 0.526. The number of aromatic nitrogens is 2. The lowest BCUT2D eigenvalue weighted by atomic mass is 9.72. The molecule has 25 heavy (non-hydrogen) atoms. The van der Waals surface area contributed by atoms with E-state index in [0.29, 0.717) is 24.3 Å². The maximum absolute atomic E-state index is 12.4. The number of hydrogen-bond donors (Lipinski definition) is 4. The molecule has 1 aromatic heterocycles. The Balaban J connectivity index is 1.78. The first-order valence-electron chi connectivity index (χ1n) is 7.72. The molecule has 0 radical (unpaired) electrons. The third kappa shape index (κ3) is 3.35. The van der Waals surface area contributed by atoms with Crippen LogP contribution in [0.5, 0.6) is 5.75 Å². The molecule has 9 nitrogen and oxygen atoms in total. The van der Waals surface area contributed by atoms with E-state index < -0.39 is 24.9 Å². The van der Waals surface area contributed by atoms with Crippen molar-refractivity contribution in [3.63, 3.8) is 0 Å². The third-order valence-corrected chi connectivity index (χ3v) is 3.98. The van der Waals surface area contributed by atoms with Crippen molar-refractivity contribution in [2.45, 2.75) is 18.9 Å². The first-order valence-corrected chi connectivity index (χ1v) is 7.72. The first kappa shape index (κ1) is 17.0. The standard InChI is InChI=1S/C15H17BN4O5/c17-4-5-20-8-18-7-11(20)14(21)19-12-6-9-2-1-3-10(15(22)23)13(9)25-16(12)24/h1-3,7-8,12,24H,4-6,17H2,(H,19,21)(H,22,23)/t12-/m0/s1. The zero-order valence-corrected chi connectivity index (χ0v) is 13.3. The second-order valence-electron chi connectivity index (χ2n) is 5.65. The zero-order valence-electron chi connectivity index (χ0n) is 13.3. The van der Waals surface area contributed by atoms with Crippen molar-refractivity contribution in [2.24, 2.45) is 5.73 Å². The highest BCUT2D eigenvalue weighted by Gasteiger charge is 2.38. The Bertz CT molecular complexity index is 809. The van der Waals surface area contributed by atoms with Crippen LogP contribution in [0, 0.1) is 0 Å². The van der Waals surface area contributed by atoms with Gasteiger partial charge in [0.05, 0.1) is 24.0 Å². The Labute approximate surface area is 143 Å². The topological polar surface area (TPSA) is 140 Å². The largest absolute Gasteiger partial charge is 0.547 e. The Hall–Kier alpha value is -2.85. The van der Waals surface area contributed by atoms with Crippen LogP contribution in [-0.4, -0.2) is 51.2 Å². The number of nitrogens with one attached hydrogen (secondary N) is 1. The second kappa shape index (κ2) is 6.95. The molecule has 1 aliphatic rings. The Kier molecular flexibility index (Phi) is 4.73. The van der Waals surface area contributed by atoms with E-state index in [1.54, 1.807) is 16.7 Å². The molecule has 0 aliphatic carbocycles. The number of benzene rings is 1. The summed E-state index contributed by atoms with van der Waals surface area (Å²) in [4.78, 5) is 27.6. The van der Waals surface area contributed by atoms with Crippen molar-refractivity contribution in [1.82, 2.24) is 14.9 Å². The lowest BCUT2D eigenvalue weighted by Crippen LogP contribution is -2.53. The smallest absolute Gasteiger partial charge is 0.534 e. The van der Waals surface area contributed by atoms with E-state index in [1.807, 2.05) is 0 Å². The van der Waals surface area contributed by atoms with Crippen LogP contribution in [0.25, 0.3) is 0 Å². The van der Waals surface area contributed by atoms with Gasteiger partial charge in [0.15, 0.2) is 0 Å². The van der Waals surface area contributed by atoms with Crippen molar-refractivity contribution in [3.05, 3.63) is 47.5 Å². The number of amides is 1. The van der Waals surface area contributed by atoms with E-state index in [1.165, 1.54) is 18.6 Å². The number of nitrogens with two attached hydrogens (primary N) is 1. The Morgan fingerprint density at radius 3 is 3.00 bits per heavy atom. The summed E-state index contributed by atoms with van der Waals surface area (Å²) in [5.41, 5.74) is 6.40. The van der Waals surface area contributed by atoms with E-state index in [0.717, 1.165) is 0 Å². The number of carboxylic acid groups (broad SMARTS) is 1. The number of imidazole rings is 1. The Morgan fingerprint density at radius 1 is 1.48 bits per heavy atom. The van der Waals surface area contributed by atoms with Gasteiger partial charge in [-0.1, -0.05) is 12.1 Å². The van der Waals surface area contributed by atoms with E-state index in [-0.39, 0.29) is 17.7 Å². The molecule has 0 bridgehead atoms. The van der Waals surface area contributed by atoms with E-state index in [2.05, 4.69) is 10.3 Å². The molecule has 1 amide bonds. The van der Waals surface area contributed by atoms with Crippen LogP contribution in [0.2, 0.25) is 0 Å². The van der Waals surface area contributed by atoms with Gasteiger partial charge in [0.2, 0.25) is 0 Å². The van der Waals surface area contributed by atoms with Gasteiger partial charge >= 0.3 is 13.1 Å². The number of fused-ring (bicyclic) bond motifs is 1. The molecule has 0 spiro atoms. The predicted octanol–water partition coefficient (Wildman–Crippen LogP) is -0.707. The van der Waals surface area contributed by atoms with Gasteiger partial charge in [0.1, 0.15) is 11.4 Å². The molecular formula is C15H17BN4O5.